The first-order chi connectivity index (χ1) is 10.6. The van der Waals surface area contributed by atoms with E-state index in [1.165, 1.54) is 6.07 Å². The zero-order valence-corrected chi connectivity index (χ0v) is 11.4. The van der Waals surface area contributed by atoms with Crippen molar-refractivity contribution in [2.75, 3.05) is 6.79 Å². The predicted molar refractivity (Wildman–Crippen MR) is 78.3 cm³/mol. The smallest absolute Gasteiger partial charge is 0.249 e. The number of amides is 1. The SMILES string of the molecule is NC(=O)c1cc(F)ccc1-c1cc2c(c3c[nH]cc13)OCO2. The first-order valence-corrected chi connectivity index (χ1v) is 6.64. The maximum Gasteiger partial charge on any atom is 0.249 e. The molecule has 22 heavy (non-hydrogen) atoms. The number of nitrogens with one attached hydrogen (secondary N) is 1. The van der Waals surface area contributed by atoms with Crippen molar-refractivity contribution in [2.45, 2.75) is 0 Å². The third-order valence-corrected chi connectivity index (χ3v) is 3.73. The Morgan fingerprint density at radius 1 is 1.14 bits per heavy atom. The number of carbonyl (C=O) groups is 1. The molecule has 0 spiro atoms. The van der Waals surface area contributed by atoms with Crippen LogP contribution in [-0.2, 0) is 0 Å². The van der Waals surface area contributed by atoms with Gasteiger partial charge in [0.1, 0.15) is 5.82 Å². The number of benzene rings is 2. The van der Waals surface area contributed by atoms with Gasteiger partial charge in [0.2, 0.25) is 12.7 Å². The van der Waals surface area contributed by atoms with Gasteiger partial charge in [0.05, 0.1) is 0 Å². The molecule has 2 heterocycles. The standard InChI is InChI=1S/C16H11FN2O3/c17-8-1-2-9(11(3-8)16(18)20)10-4-14-15(22-7-21-14)13-6-19-5-12(10)13/h1-6,19H,7H2,(H2,18,20). The molecule has 0 saturated heterocycles. The molecule has 3 aromatic rings. The van der Waals surface area contributed by atoms with Crippen molar-refractivity contribution in [3.05, 3.63) is 48.0 Å². The molecule has 0 atom stereocenters. The normalized spacial score (nSPS) is 12.8. The summed E-state index contributed by atoms with van der Waals surface area (Å²) in [6.45, 7) is 0.144. The fraction of sp³-hybridized carbons (Fsp3) is 0.0625. The molecule has 0 unspecified atom stereocenters. The summed E-state index contributed by atoms with van der Waals surface area (Å²) >= 11 is 0. The van der Waals surface area contributed by atoms with E-state index < -0.39 is 11.7 Å². The van der Waals surface area contributed by atoms with Crippen molar-refractivity contribution in [1.82, 2.24) is 4.98 Å². The molecule has 0 radical (unpaired) electrons. The van der Waals surface area contributed by atoms with E-state index in [2.05, 4.69) is 4.98 Å². The molecule has 0 saturated carbocycles. The number of hydrogen-bond donors (Lipinski definition) is 2. The molecule has 110 valence electrons. The molecule has 6 heteroatoms. The van der Waals surface area contributed by atoms with Crippen LogP contribution in [0, 0.1) is 5.82 Å². The second kappa shape index (κ2) is 4.49. The Hall–Kier alpha value is -3.02. The monoisotopic (exact) mass is 298 g/mol. The summed E-state index contributed by atoms with van der Waals surface area (Å²) in [4.78, 5) is 14.7. The number of H-pyrrole nitrogens is 1. The molecule has 0 aliphatic carbocycles. The Morgan fingerprint density at radius 3 is 2.77 bits per heavy atom. The Bertz CT molecular complexity index is 917. The summed E-state index contributed by atoms with van der Waals surface area (Å²) in [6, 6.07) is 5.75. The Kier molecular flexibility index (Phi) is 2.59. The van der Waals surface area contributed by atoms with Gasteiger partial charge >= 0.3 is 0 Å². The molecule has 1 aliphatic rings. The number of rotatable bonds is 2. The van der Waals surface area contributed by atoms with Crippen LogP contribution < -0.4 is 15.2 Å². The van der Waals surface area contributed by atoms with E-state index in [0.717, 1.165) is 22.4 Å². The average molecular weight is 298 g/mol. The zero-order valence-electron chi connectivity index (χ0n) is 11.4. The van der Waals surface area contributed by atoms with E-state index in [-0.39, 0.29) is 12.4 Å². The highest BCUT2D eigenvalue weighted by Gasteiger charge is 2.22. The van der Waals surface area contributed by atoms with Crippen LogP contribution >= 0.6 is 0 Å². The zero-order chi connectivity index (χ0) is 15.3. The van der Waals surface area contributed by atoms with Crippen LogP contribution in [0.15, 0.2) is 36.7 Å². The van der Waals surface area contributed by atoms with Gasteiger partial charge in [0, 0.05) is 28.7 Å². The molecule has 2 aromatic carbocycles. The number of carbonyl (C=O) groups excluding carboxylic acids is 1. The molecule has 1 amide bonds. The highest BCUT2D eigenvalue weighted by Crippen LogP contribution is 2.44. The van der Waals surface area contributed by atoms with Gasteiger partial charge in [0.15, 0.2) is 11.5 Å². The van der Waals surface area contributed by atoms with Gasteiger partial charge in [0.25, 0.3) is 0 Å². The van der Waals surface area contributed by atoms with Crippen LogP contribution in [0.2, 0.25) is 0 Å². The fourth-order valence-electron chi connectivity index (χ4n) is 2.77. The quantitative estimate of drug-likeness (QED) is 0.763. The molecule has 0 fully saturated rings. The number of fused-ring (bicyclic) bond motifs is 3. The minimum absolute atomic E-state index is 0.126. The van der Waals surface area contributed by atoms with Crippen LogP contribution in [0.25, 0.3) is 21.9 Å². The molecule has 1 aliphatic heterocycles. The van der Waals surface area contributed by atoms with E-state index in [9.17, 15) is 9.18 Å². The summed E-state index contributed by atoms with van der Waals surface area (Å²) < 4.78 is 24.3. The fourth-order valence-corrected chi connectivity index (χ4v) is 2.77. The number of nitrogens with two attached hydrogens (primary N) is 1. The third-order valence-electron chi connectivity index (χ3n) is 3.73. The minimum atomic E-state index is -0.684. The van der Waals surface area contributed by atoms with Crippen molar-refractivity contribution in [3.8, 4) is 22.6 Å². The largest absolute Gasteiger partial charge is 0.454 e. The molecule has 4 rings (SSSR count). The maximum atomic E-state index is 13.4. The lowest BCUT2D eigenvalue weighted by molar-refractivity contribution is 0.100. The Labute approximate surface area is 124 Å². The van der Waals surface area contributed by atoms with Crippen molar-refractivity contribution in [3.63, 3.8) is 0 Å². The number of hydrogen-bond acceptors (Lipinski definition) is 3. The van der Waals surface area contributed by atoms with Gasteiger partial charge in [-0.1, -0.05) is 6.07 Å². The van der Waals surface area contributed by atoms with Gasteiger partial charge in [-0.25, -0.2) is 4.39 Å². The second-order valence-electron chi connectivity index (χ2n) is 4.99. The number of primary amides is 1. The maximum absolute atomic E-state index is 13.4. The van der Waals surface area contributed by atoms with Gasteiger partial charge in [-0.15, -0.1) is 0 Å². The predicted octanol–water partition coefficient (Wildman–Crippen LogP) is 2.80. The highest BCUT2D eigenvalue weighted by atomic mass is 19.1. The summed E-state index contributed by atoms with van der Waals surface area (Å²) in [6.07, 6.45) is 3.58. The van der Waals surface area contributed by atoms with Crippen molar-refractivity contribution >= 4 is 16.7 Å². The summed E-state index contributed by atoms with van der Waals surface area (Å²) in [5.41, 5.74) is 6.79. The van der Waals surface area contributed by atoms with E-state index in [0.29, 0.717) is 17.1 Å². The van der Waals surface area contributed by atoms with E-state index in [4.69, 9.17) is 15.2 Å². The Balaban J connectivity index is 2.06. The first-order valence-electron chi connectivity index (χ1n) is 6.64. The van der Waals surface area contributed by atoms with Crippen molar-refractivity contribution in [1.29, 1.82) is 0 Å². The number of halogens is 1. The lowest BCUT2D eigenvalue weighted by Crippen LogP contribution is -2.12. The van der Waals surface area contributed by atoms with E-state index in [1.807, 2.05) is 0 Å². The van der Waals surface area contributed by atoms with Gasteiger partial charge in [-0.05, 0) is 29.3 Å². The van der Waals surface area contributed by atoms with Crippen LogP contribution in [0.4, 0.5) is 4.39 Å². The van der Waals surface area contributed by atoms with Crippen LogP contribution in [0.5, 0.6) is 11.5 Å². The highest BCUT2D eigenvalue weighted by molar-refractivity contribution is 6.07. The van der Waals surface area contributed by atoms with Gasteiger partial charge in [-0.3, -0.25) is 4.79 Å². The molecule has 1 aromatic heterocycles. The molecule has 0 bridgehead atoms. The van der Waals surface area contributed by atoms with Crippen molar-refractivity contribution in [2.24, 2.45) is 5.73 Å². The lowest BCUT2D eigenvalue weighted by Gasteiger charge is -2.10. The number of ether oxygens (including phenoxy) is 2. The number of aromatic amines is 1. The minimum Gasteiger partial charge on any atom is -0.454 e. The molecule has 3 N–H and O–H groups in total. The average Bonchev–Trinajstić information content (AvgIpc) is 3.14. The summed E-state index contributed by atoms with van der Waals surface area (Å²) in [7, 11) is 0. The topological polar surface area (TPSA) is 77.3 Å². The number of aromatic nitrogens is 1. The van der Waals surface area contributed by atoms with Gasteiger partial charge in [-0.2, -0.15) is 0 Å². The Morgan fingerprint density at radius 2 is 1.95 bits per heavy atom. The molecule has 5 nitrogen and oxygen atoms in total. The van der Waals surface area contributed by atoms with Crippen LogP contribution in [-0.4, -0.2) is 17.7 Å². The lowest BCUT2D eigenvalue weighted by atomic mass is 9.95. The van der Waals surface area contributed by atoms with Gasteiger partial charge < -0.3 is 20.2 Å². The first kappa shape index (κ1) is 12.7. The summed E-state index contributed by atoms with van der Waals surface area (Å²) in [5.74, 6) is 0.0454. The van der Waals surface area contributed by atoms with Crippen molar-refractivity contribution < 1.29 is 18.7 Å². The van der Waals surface area contributed by atoms with Crippen LogP contribution in [0.3, 0.4) is 0 Å². The molecular formula is C16H11FN2O3. The second-order valence-corrected chi connectivity index (χ2v) is 4.99. The third kappa shape index (κ3) is 1.74. The van der Waals surface area contributed by atoms with E-state index >= 15 is 0 Å². The van der Waals surface area contributed by atoms with E-state index in [1.54, 1.807) is 24.5 Å². The molecular weight excluding hydrogens is 287 g/mol. The van der Waals surface area contributed by atoms with Crippen LogP contribution in [0.1, 0.15) is 10.4 Å². The summed E-state index contributed by atoms with van der Waals surface area (Å²) in [5, 5.41) is 1.68.